The topological polar surface area (TPSA) is 88.0 Å². The lowest BCUT2D eigenvalue weighted by atomic mass is 9.94. The van der Waals surface area contributed by atoms with E-state index in [9.17, 15) is 9.90 Å². The molecule has 10 heteroatoms. The van der Waals surface area contributed by atoms with Crippen LogP contribution in [0.4, 0.5) is 15.0 Å². The number of halogens is 2. The van der Waals surface area contributed by atoms with Crippen LogP contribution in [-0.2, 0) is 4.74 Å². The zero-order valence-corrected chi connectivity index (χ0v) is 18.0. The molecule has 2 aromatic rings. The Labute approximate surface area is 184 Å². The first-order valence-electron chi connectivity index (χ1n) is 10.0. The third-order valence-corrected chi connectivity index (χ3v) is 6.31. The highest BCUT2D eigenvalue weighted by Crippen LogP contribution is 2.40. The van der Waals surface area contributed by atoms with Crippen molar-refractivity contribution in [3.8, 4) is 17.0 Å². The molecule has 0 radical (unpaired) electrons. The van der Waals surface area contributed by atoms with Gasteiger partial charge in [-0.2, -0.15) is 0 Å². The molecule has 3 heterocycles. The molecule has 2 fully saturated rings. The van der Waals surface area contributed by atoms with E-state index in [4.69, 9.17) is 21.1 Å². The monoisotopic (exact) mass is 450 g/mol. The summed E-state index contributed by atoms with van der Waals surface area (Å²) >= 11 is 6.07. The first kappa shape index (κ1) is 21.6. The van der Waals surface area contributed by atoms with E-state index >= 15 is 4.39 Å². The van der Waals surface area contributed by atoms with Gasteiger partial charge in [-0.25, -0.2) is 9.18 Å². The fraction of sp³-hybridized carbons (Fsp3) is 0.476. The van der Waals surface area contributed by atoms with Crippen molar-refractivity contribution in [2.24, 2.45) is 0 Å². The van der Waals surface area contributed by atoms with Crippen LogP contribution in [-0.4, -0.2) is 71.5 Å². The van der Waals surface area contributed by atoms with Crippen molar-refractivity contribution in [1.82, 2.24) is 15.1 Å². The lowest BCUT2D eigenvalue weighted by Crippen LogP contribution is -2.58. The first-order chi connectivity index (χ1) is 14.9. The van der Waals surface area contributed by atoms with E-state index in [-0.39, 0.29) is 12.8 Å². The number of aromatic nitrogens is 2. The highest BCUT2D eigenvalue weighted by molar-refractivity contribution is 6.30. The summed E-state index contributed by atoms with van der Waals surface area (Å²) in [5, 5.41) is 18.5. The van der Waals surface area contributed by atoms with Gasteiger partial charge in [0, 0.05) is 30.8 Å². The molecular formula is C21H24ClFN4O4. The standard InChI is InChI=1S/C21H24ClFN4O4/c1-26(17-10-13-4-7-16(20(17)23)27(13)21(28)29)19-8-6-15(24-25-19)14-5-3-12(22)9-18(14)31-11-30-2/h3,5-6,8-9,13,16-17,20H,4,7,10-11H2,1-2H3,(H,28,29)/t13-,16+,17-,20+/m0/s1. The van der Waals surface area contributed by atoms with E-state index in [2.05, 4.69) is 10.2 Å². The summed E-state index contributed by atoms with van der Waals surface area (Å²) in [4.78, 5) is 14.5. The third-order valence-electron chi connectivity index (χ3n) is 6.08. The van der Waals surface area contributed by atoms with E-state index in [0.717, 1.165) is 0 Å². The molecule has 31 heavy (non-hydrogen) atoms. The van der Waals surface area contributed by atoms with Crippen molar-refractivity contribution in [3.63, 3.8) is 0 Å². The normalized spacial score (nSPS) is 24.8. The van der Waals surface area contributed by atoms with Crippen LogP contribution in [0.15, 0.2) is 30.3 Å². The number of rotatable bonds is 6. The number of hydrogen-bond acceptors (Lipinski definition) is 6. The van der Waals surface area contributed by atoms with Crippen LogP contribution in [0.25, 0.3) is 11.3 Å². The maximum absolute atomic E-state index is 15.2. The third kappa shape index (κ3) is 4.12. The van der Waals surface area contributed by atoms with E-state index in [1.165, 1.54) is 12.0 Å². The molecule has 166 valence electrons. The highest BCUT2D eigenvalue weighted by atomic mass is 35.5. The van der Waals surface area contributed by atoms with Gasteiger partial charge in [0.25, 0.3) is 0 Å². The van der Waals surface area contributed by atoms with Crippen LogP contribution in [0.3, 0.4) is 0 Å². The Kier molecular flexibility index (Phi) is 6.15. The number of hydrogen-bond donors (Lipinski definition) is 1. The van der Waals surface area contributed by atoms with Gasteiger partial charge in [-0.15, -0.1) is 10.2 Å². The summed E-state index contributed by atoms with van der Waals surface area (Å²) in [6.07, 6.45) is -0.668. The molecule has 0 aliphatic carbocycles. The predicted octanol–water partition coefficient (Wildman–Crippen LogP) is 3.84. The van der Waals surface area contributed by atoms with E-state index in [0.29, 0.717) is 47.1 Å². The SMILES string of the molecule is COCOc1cc(Cl)ccc1-c1ccc(N(C)[C@H]2C[C@@H]3CC[C@H]([C@H]2F)N3C(=O)O)nn1. The lowest BCUT2D eigenvalue weighted by molar-refractivity contribution is 0.0489. The Morgan fingerprint density at radius 3 is 2.81 bits per heavy atom. The number of piperidine rings is 1. The van der Waals surface area contributed by atoms with E-state index in [1.807, 2.05) is 0 Å². The van der Waals surface area contributed by atoms with Crippen molar-refractivity contribution in [2.45, 2.75) is 43.6 Å². The molecule has 2 saturated heterocycles. The zero-order chi connectivity index (χ0) is 22.1. The summed E-state index contributed by atoms with van der Waals surface area (Å²) < 4.78 is 25.8. The molecule has 2 bridgehead atoms. The molecule has 4 rings (SSSR count). The number of carbonyl (C=O) groups is 1. The largest absolute Gasteiger partial charge is 0.467 e. The second-order valence-electron chi connectivity index (χ2n) is 7.81. The van der Waals surface area contributed by atoms with Crippen LogP contribution in [0.1, 0.15) is 19.3 Å². The highest BCUT2D eigenvalue weighted by Gasteiger charge is 2.51. The molecule has 1 aromatic carbocycles. The van der Waals surface area contributed by atoms with Gasteiger partial charge in [0.05, 0.1) is 17.8 Å². The maximum Gasteiger partial charge on any atom is 0.407 e. The van der Waals surface area contributed by atoms with Crippen LogP contribution >= 0.6 is 11.6 Å². The Bertz CT molecular complexity index is 947. The Hall–Kier alpha value is -2.65. The number of alkyl halides is 1. The zero-order valence-electron chi connectivity index (χ0n) is 17.2. The number of carboxylic acid groups (broad SMARTS) is 1. The van der Waals surface area contributed by atoms with Gasteiger partial charge in [0.1, 0.15) is 11.9 Å². The van der Waals surface area contributed by atoms with Crippen LogP contribution in [0.2, 0.25) is 5.02 Å². The second-order valence-corrected chi connectivity index (χ2v) is 8.25. The van der Waals surface area contributed by atoms with Gasteiger partial charge in [-0.3, -0.25) is 4.90 Å². The molecular weight excluding hydrogens is 427 g/mol. The number of amides is 1. The summed E-state index contributed by atoms with van der Waals surface area (Å²) in [7, 11) is 3.30. The van der Waals surface area contributed by atoms with Crippen molar-refractivity contribution in [1.29, 1.82) is 0 Å². The minimum absolute atomic E-state index is 0.0663. The van der Waals surface area contributed by atoms with Crippen molar-refractivity contribution in [3.05, 3.63) is 35.4 Å². The number of nitrogens with zero attached hydrogens (tertiary/aromatic N) is 4. The molecule has 1 amide bonds. The smallest absolute Gasteiger partial charge is 0.407 e. The quantitative estimate of drug-likeness (QED) is 0.669. The average Bonchev–Trinajstić information content (AvgIpc) is 3.12. The molecule has 0 saturated carbocycles. The summed E-state index contributed by atoms with van der Waals surface area (Å²) in [6.45, 7) is 0.0663. The number of methoxy groups -OCH3 is 1. The molecule has 0 unspecified atom stereocenters. The van der Waals surface area contributed by atoms with Gasteiger partial charge < -0.3 is 19.5 Å². The Morgan fingerprint density at radius 2 is 2.13 bits per heavy atom. The van der Waals surface area contributed by atoms with Gasteiger partial charge in [0.2, 0.25) is 0 Å². The van der Waals surface area contributed by atoms with Crippen molar-refractivity contribution < 1.29 is 23.8 Å². The van der Waals surface area contributed by atoms with Crippen LogP contribution in [0, 0.1) is 0 Å². The predicted molar refractivity (Wildman–Crippen MR) is 113 cm³/mol. The Morgan fingerprint density at radius 1 is 1.32 bits per heavy atom. The lowest BCUT2D eigenvalue weighted by Gasteiger charge is -2.43. The molecule has 2 aliphatic rings. The molecule has 0 spiro atoms. The van der Waals surface area contributed by atoms with E-state index < -0.39 is 24.3 Å². The molecule has 1 N–H and O–H groups in total. The van der Waals surface area contributed by atoms with Gasteiger partial charge in [0.15, 0.2) is 12.6 Å². The van der Waals surface area contributed by atoms with Gasteiger partial charge >= 0.3 is 6.09 Å². The molecule has 1 aromatic heterocycles. The summed E-state index contributed by atoms with van der Waals surface area (Å²) in [5.74, 6) is 1.04. The molecule has 4 atom stereocenters. The first-order valence-corrected chi connectivity index (χ1v) is 10.4. The van der Waals surface area contributed by atoms with Crippen LogP contribution < -0.4 is 9.64 Å². The number of anilines is 1. The number of fused-ring (bicyclic) bond motifs is 2. The minimum atomic E-state index is -1.29. The molecule has 2 aliphatic heterocycles. The fourth-order valence-electron chi connectivity index (χ4n) is 4.57. The number of benzene rings is 1. The fourth-order valence-corrected chi connectivity index (χ4v) is 4.73. The van der Waals surface area contributed by atoms with Gasteiger partial charge in [-0.1, -0.05) is 11.6 Å². The Balaban J connectivity index is 1.53. The second kappa shape index (κ2) is 8.84. The van der Waals surface area contributed by atoms with Crippen LogP contribution in [0.5, 0.6) is 5.75 Å². The summed E-state index contributed by atoms with van der Waals surface area (Å²) in [6, 6.07) is 7.54. The van der Waals surface area contributed by atoms with Crippen molar-refractivity contribution in [2.75, 3.05) is 25.9 Å². The number of ether oxygens (including phenoxy) is 2. The maximum atomic E-state index is 15.2. The molecule has 8 nitrogen and oxygen atoms in total. The summed E-state index contributed by atoms with van der Waals surface area (Å²) in [5.41, 5.74) is 1.29. The minimum Gasteiger partial charge on any atom is -0.467 e. The average molecular weight is 451 g/mol. The van der Waals surface area contributed by atoms with E-state index in [1.54, 1.807) is 42.3 Å². The van der Waals surface area contributed by atoms with Crippen molar-refractivity contribution >= 4 is 23.5 Å². The van der Waals surface area contributed by atoms with Gasteiger partial charge in [-0.05, 0) is 49.6 Å².